The van der Waals surface area contributed by atoms with Crippen molar-refractivity contribution >= 4 is 17.4 Å². The Morgan fingerprint density at radius 2 is 1.90 bits per heavy atom. The fourth-order valence-electron chi connectivity index (χ4n) is 2.03. The molecule has 1 aromatic heterocycles. The van der Waals surface area contributed by atoms with Gasteiger partial charge in [0, 0.05) is 6.42 Å². The molecular formula is C17H21N3O. The van der Waals surface area contributed by atoms with Gasteiger partial charge in [0.1, 0.15) is 5.82 Å². The molecule has 110 valence electrons. The zero-order valence-corrected chi connectivity index (χ0v) is 12.5. The molecule has 0 spiro atoms. The molecule has 1 aromatic carbocycles. The third-order valence-corrected chi connectivity index (χ3v) is 3.36. The average molecular weight is 283 g/mol. The largest absolute Gasteiger partial charge is 0.384 e. The standard InChI is InChI=1S/C17H21N3O/c1-12(2)14-6-3-13(4-7-14)5-10-17(21)20-15-8-9-16(18)19-11-15/h3-4,6-9,11-12H,5,10H2,1-2H3,(H2,18,19)(H,20,21). The maximum atomic E-state index is 11.9. The summed E-state index contributed by atoms with van der Waals surface area (Å²) in [5.41, 5.74) is 8.66. The molecule has 3 N–H and O–H groups in total. The van der Waals surface area contributed by atoms with Crippen molar-refractivity contribution in [2.24, 2.45) is 0 Å². The lowest BCUT2D eigenvalue weighted by molar-refractivity contribution is -0.116. The van der Waals surface area contributed by atoms with E-state index in [1.807, 2.05) is 0 Å². The third-order valence-electron chi connectivity index (χ3n) is 3.36. The average Bonchev–Trinajstić information content (AvgIpc) is 2.48. The minimum absolute atomic E-state index is 0.0190. The Kier molecular flexibility index (Phi) is 4.93. The number of hydrogen-bond donors (Lipinski definition) is 2. The van der Waals surface area contributed by atoms with Gasteiger partial charge in [-0.3, -0.25) is 4.79 Å². The lowest BCUT2D eigenvalue weighted by atomic mass is 10.0. The van der Waals surface area contributed by atoms with Crippen molar-refractivity contribution in [1.82, 2.24) is 4.98 Å². The van der Waals surface area contributed by atoms with E-state index >= 15 is 0 Å². The summed E-state index contributed by atoms with van der Waals surface area (Å²) in [5.74, 6) is 0.952. The van der Waals surface area contributed by atoms with Gasteiger partial charge < -0.3 is 11.1 Å². The van der Waals surface area contributed by atoms with Crippen LogP contribution in [0.1, 0.15) is 37.3 Å². The highest BCUT2D eigenvalue weighted by atomic mass is 16.1. The number of anilines is 2. The van der Waals surface area contributed by atoms with Gasteiger partial charge in [-0.1, -0.05) is 38.1 Å². The van der Waals surface area contributed by atoms with Crippen molar-refractivity contribution < 1.29 is 4.79 Å². The van der Waals surface area contributed by atoms with E-state index in [1.165, 1.54) is 11.1 Å². The summed E-state index contributed by atoms with van der Waals surface area (Å²) in [4.78, 5) is 15.8. The number of amides is 1. The molecule has 4 heteroatoms. The molecule has 1 heterocycles. The Labute approximate surface area is 125 Å². The topological polar surface area (TPSA) is 68.0 Å². The number of nitrogen functional groups attached to an aromatic ring is 1. The highest BCUT2D eigenvalue weighted by Gasteiger charge is 2.04. The van der Waals surface area contributed by atoms with Crippen LogP contribution in [0.4, 0.5) is 11.5 Å². The van der Waals surface area contributed by atoms with Gasteiger partial charge in [-0.25, -0.2) is 4.98 Å². The lowest BCUT2D eigenvalue weighted by Crippen LogP contribution is -2.12. The fourth-order valence-corrected chi connectivity index (χ4v) is 2.03. The van der Waals surface area contributed by atoms with Crippen molar-refractivity contribution in [1.29, 1.82) is 0 Å². The van der Waals surface area contributed by atoms with Crippen LogP contribution in [0.5, 0.6) is 0 Å². The molecule has 2 aromatic rings. The van der Waals surface area contributed by atoms with Crippen LogP contribution < -0.4 is 11.1 Å². The highest BCUT2D eigenvalue weighted by Crippen LogP contribution is 2.15. The van der Waals surface area contributed by atoms with Crippen LogP contribution in [0, 0.1) is 0 Å². The molecule has 2 rings (SSSR count). The van der Waals surface area contributed by atoms with E-state index in [0.29, 0.717) is 23.8 Å². The van der Waals surface area contributed by atoms with Gasteiger partial charge in [0.05, 0.1) is 11.9 Å². The normalized spacial score (nSPS) is 10.6. The first-order valence-corrected chi connectivity index (χ1v) is 7.15. The summed E-state index contributed by atoms with van der Waals surface area (Å²) in [7, 11) is 0. The SMILES string of the molecule is CC(C)c1ccc(CCC(=O)Nc2ccc(N)nc2)cc1. The molecule has 0 fully saturated rings. The molecule has 21 heavy (non-hydrogen) atoms. The Bertz CT molecular complexity index is 588. The first-order chi connectivity index (χ1) is 10.0. The van der Waals surface area contributed by atoms with Crippen LogP contribution in [0.2, 0.25) is 0 Å². The number of pyridine rings is 1. The maximum Gasteiger partial charge on any atom is 0.224 e. The zero-order chi connectivity index (χ0) is 15.2. The maximum absolute atomic E-state index is 11.9. The second kappa shape index (κ2) is 6.88. The molecular weight excluding hydrogens is 262 g/mol. The molecule has 0 radical (unpaired) electrons. The Morgan fingerprint density at radius 1 is 1.19 bits per heavy atom. The van der Waals surface area contributed by atoms with Crippen LogP contribution in [-0.2, 0) is 11.2 Å². The number of nitrogens with zero attached hydrogens (tertiary/aromatic N) is 1. The van der Waals surface area contributed by atoms with Gasteiger partial charge in [-0.2, -0.15) is 0 Å². The second-order valence-corrected chi connectivity index (χ2v) is 5.42. The van der Waals surface area contributed by atoms with Crippen molar-refractivity contribution in [3.05, 3.63) is 53.7 Å². The summed E-state index contributed by atoms with van der Waals surface area (Å²) in [6.07, 6.45) is 2.74. The van der Waals surface area contributed by atoms with E-state index in [4.69, 9.17) is 5.73 Å². The number of nitrogens with two attached hydrogens (primary N) is 1. The van der Waals surface area contributed by atoms with Gasteiger partial charge >= 0.3 is 0 Å². The molecule has 0 unspecified atom stereocenters. The molecule has 0 aliphatic heterocycles. The Morgan fingerprint density at radius 3 is 2.48 bits per heavy atom. The molecule has 0 aliphatic carbocycles. The molecule has 0 bridgehead atoms. The summed E-state index contributed by atoms with van der Waals surface area (Å²) in [5, 5.41) is 2.81. The zero-order valence-electron chi connectivity index (χ0n) is 12.5. The number of carbonyl (C=O) groups is 1. The monoisotopic (exact) mass is 283 g/mol. The minimum Gasteiger partial charge on any atom is -0.384 e. The van der Waals surface area contributed by atoms with Crippen molar-refractivity contribution in [3.8, 4) is 0 Å². The van der Waals surface area contributed by atoms with E-state index in [2.05, 4.69) is 48.4 Å². The smallest absolute Gasteiger partial charge is 0.224 e. The molecule has 1 amide bonds. The van der Waals surface area contributed by atoms with Gasteiger partial charge in [-0.15, -0.1) is 0 Å². The predicted octanol–water partition coefficient (Wildman–Crippen LogP) is 3.36. The number of aromatic nitrogens is 1. The molecule has 4 nitrogen and oxygen atoms in total. The van der Waals surface area contributed by atoms with Crippen LogP contribution in [0.25, 0.3) is 0 Å². The van der Waals surface area contributed by atoms with Crippen molar-refractivity contribution in [2.45, 2.75) is 32.6 Å². The Hall–Kier alpha value is -2.36. The van der Waals surface area contributed by atoms with E-state index in [0.717, 1.165) is 6.42 Å². The van der Waals surface area contributed by atoms with Crippen LogP contribution >= 0.6 is 0 Å². The lowest BCUT2D eigenvalue weighted by Gasteiger charge is -2.07. The number of carbonyl (C=O) groups excluding carboxylic acids is 1. The summed E-state index contributed by atoms with van der Waals surface area (Å²) < 4.78 is 0. The minimum atomic E-state index is -0.0190. The third kappa shape index (κ3) is 4.60. The van der Waals surface area contributed by atoms with Crippen LogP contribution in [-0.4, -0.2) is 10.9 Å². The van der Waals surface area contributed by atoms with E-state index in [1.54, 1.807) is 18.3 Å². The summed E-state index contributed by atoms with van der Waals surface area (Å²) in [6.45, 7) is 4.34. The summed E-state index contributed by atoms with van der Waals surface area (Å²) >= 11 is 0. The Balaban J connectivity index is 1.84. The number of aryl methyl sites for hydroxylation is 1. The number of hydrogen-bond acceptors (Lipinski definition) is 3. The van der Waals surface area contributed by atoms with Crippen LogP contribution in [0.15, 0.2) is 42.6 Å². The molecule has 0 atom stereocenters. The highest BCUT2D eigenvalue weighted by molar-refractivity contribution is 5.90. The van der Waals surface area contributed by atoms with E-state index in [9.17, 15) is 4.79 Å². The van der Waals surface area contributed by atoms with Gasteiger partial charge in [0.2, 0.25) is 5.91 Å². The first-order valence-electron chi connectivity index (χ1n) is 7.15. The van der Waals surface area contributed by atoms with E-state index in [-0.39, 0.29) is 5.91 Å². The summed E-state index contributed by atoms with van der Waals surface area (Å²) in [6, 6.07) is 11.8. The first kappa shape index (κ1) is 15.0. The van der Waals surface area contributed by atoms with Gasteiger partial charge in [0.15, 0.2) is 0 Å². The van der Waals surface area contributed by atoms with Crippen molar-refractivity contribution in [3.63, 3.8) is 0 Å². The fraction of sp³-hybridized carbons (Fsp3) is 0.294. The molecule has 0 saturated carbocycles. The van der Waals surface area contributed by atoms with E-state index < -0.39 is 0 Å². The molecule has 0 saturated heterocycles. The predicted molar refractivity (Wildman–Crippen MR) is 86.1 cm³/mol. The number of benzene rings is 1. The second-order valence-electron chi connectivity index (χ2n) is 5.42. The number of rotatable bonds is 5. The van der Waals surface area contributed by atoms with Crippen LogP contribution in [0.3, 0.4) is 0 Å². The van der Waals surface area contributed by atoms with Gasteiger partial charge in [0.25, 0.3) is 0 Å². The van der Waals surface area contributed by atoms with Gasteiger partial charge in [-0.05, 0) is 35.6 Å². The number of nitrogens with one attached hydrogen (secondary N) is 1. The quantitative estimate of drug-likeness (QED) is 0.884. The molecule has 0 aliphatic rings. The van der Waals surface area contributed by atoms with Crippen molar-refractivity contribution in [2.75, 3.05) is 11.1 Å².